The van der Waals surface area contributed by atoms with Crippen molar-refractivity contribution in [2.24, 2.45) is 0 Å². The van der Waals surface area contributed by atoms with Crippen LogP contribution in [0.4, 0.5) is 0 Å². The second-order valence-corrected chi connectivity index (χ2v) is 7.13. The van der Waals surface area contributed by atoms with Gasteiger partial charge >= 0.3 is 5.97 Å². The molecule has 0 saturated carbocycles. The lowest BCUT2D eigenvalue weighted by Crippen LogP contribution is -2.36. The number of pyridine rings is 1. The first-order valence-electron chi connectivity index (χ1n) is 9.45. The second-order valence-electron chi connectivity index (χ2n) is 7.13. The number of hydrogen-bond donors (Lipinski definition) is 1. The van der Waals surface area contributed by atoms with E-state index in [0.717, 1.165) is 41.1 Å². The van der Waals surface area contributed by atoms with Crippen LogP contribution < -0.4 is 0 Å². The molecule has 8 nitrogen and oxygen atoms in total. The van der Waals surface area contributed by atoms with Crippen molar-refractivity contribution in [3.63, 3.8) is 0 Å². The van der Waals surface area contributed by atoms with Gasteiger partial charge in [-0.25, -0.2) is 4.79 Å². The van der Waals surface area contributed by atoms with Crippen LogP contribution in [0, 0.1) is 0 Å². The van der Waals surface area contributed by atoms with Crippen LogP contribution >= 0.6 is 0 Å². The average Bonchev–Trinajstić information content (AvgIpc) is 3.32. The molecule has 0 aromatic carbocycles. The molecule has 0 amide bonds. The highest BCUT2D eigenvalue weighted by molar-refractivity contribution is 5.87. The van der Waals surface area contributed by atoms with E-state index in [1.165, 1.54) is 0 Å². The Labute approximate surface area is 162 Å². The van der Waals surface area contributed by atoms with Crippen molar-refractivity contribution in [3.8, 4) is 11.3 Å². The number of nitrogens with zero attached hydrogens (tertiary/aromatic N) is 5. The predicted molar refractivity (Wildman–Crippen MR) is 102 cm³/mol. The van der Waals surface area contributed by atoms with Crippen LogP contribution in [0.3, 0.4) is 0 Å². The third kappa shape index (κ3) is 3.43. The van der Waals surface area contributed by atoms with Gasteiger partial charge in [-0.3, -0.25) is 14.6 Å². The number of carboxylic acid groups (broad SMARTS) is 1. The number of aromatic nitrogens is 4. The molecule has 1 N–H and O–H groups in total. The fraction of sp³-hybridized carbons (Fsp3) is 0.400. The van der Waals surface area contributed by atoms with E-state index in [1.54, 1.807) is 12.4 Å². The van der Waals surface area contributed by atoms with Crippen LogP contribution in [-0.4, -0.2) is 49.0 Å². The predicted octanol–water partition coefficient (Wildman–Crippen LogP) is 2.64. The summed E-state index contributed by atoms with van der Waals surface area (Å²) in [5, 5.41) is 17.9. The normalized spacial score (nSPS) is 16.3. The highest BCUT2D eigenvalue weighted by Gasteiger charge is 2.30. The molecule has 0 fully saturated rings. The van der Waals surface area contributed by atoms with Gasteiger partial charge < -0.3 is 9.63 Å². The Bertz CT molecular complexity index is 979. The molecule has 0 bridgehead atoms. The van der Waals surface area contributed by atoms with E-state index in [2.05, 4.69) is 20.1 Å². The zero-order chi connectivity index (χ0) is 19.7. The molecule has 0 radical (unpaired) electrons. The smallest absolute Gasteiger partial charge is 0.356 e. The molecule has 4 rings (SSSR count). The van der Waals surface area contributed by atoms with Crippen molar-refractivity contribution in [2.75, 3.05) is 7.05 Å². The minimum absolute atomic E-state index is 0.188. The molecule has 3 aromatic heterocycles. The number of aromatic carboxylic acids is 1. The van der Waals surface area contributed by atoms with Gasteiger partial charge in [0.05, 0.1) is 6.54 Å². The average molecular weight is 381 g/mol. The Kier molecular flexibility index (Phi) is 4.95. The summed E-state index contributed by atoms with van der Waals surface area (Å²) in [5.74, 6) is -0.182. The van der Waals surface area contributed by atoms with Gasteiger partial charge in [-0.15, -0.1) is 0 Å². The van der Waals surface area contributed by atoms with Crippen LogP contribution in [0.15, 0.2) is 35.1 Å². The number of likely N-dealkylation sites (N-methyl/N-ethyl adjacent to an activating group) is 1. The molecule has 0 saturated heterocycles. The summed E-state index contributed by atoms with van der Waals surface area (Å²) < 4.78 is 7.33. The summed E-state index contributed by atoms with van der Waals surface area (Å²) in [6.45, 7) is 3.28. The number of rotatable bonds is 6. The maximum absolute atomic E-state index is 11.6. The first-order valence-corrected chi connectivity index (χ1v) is 9.45. The van der Waals surface area contributed by atoms with E-state index >= 15 is 0 Å². The number of carbonyl (C=O) groups is 1. The van der Waals surface area contributed by atoms with Gasteiger partial charge in [-0.2, -0.15) is 5.10 Å². The highest BCUT2D eigenvalue weighted by atomic mass is 16.5. The summed E-state index contributed by atoms with van der Waals surface area (Å²) >= 11 is 0. The van der Waals surface area contributed by atoms with Gasteiger partial charge in [0.2, 0.25) is 0 Å². The van der Waals surface area contributed by atoms with Gasteiger partial charge in [0.25, 0.3) is 0 Å². The molecule has 1 unspecified atom stereocenters. The summed E-state index contributed by atoms with van der Waals surface area (Å²) in [6.07, 6.45) is 5.94. The molecular formula is C20H23N5O3. The summed E-state index contributed by atoms with van der Waals surface area (Å²) in [4.78, 5) is 17.9. The Hall–Kier alpha value is -3.00. The molecule has 3 aromatic rings. The Morgan fingerprint density at radius 2 is 2.32 bits per heavy atom. The van der Waals surface area contributed by atoms with E-state index < -0.39 is 5.97 Å². The first-order chi connectivity index (χ1) is 13.6. The maximum atomic E-state index is 11.6. The summed E-state index contributed by atoms with van der Waals surface area (Å²) in [6, 6.07) is 5.97. The van der Waals surface area contributed by atoms with E-state index in [0.29, 0.717) is 19.5 Å². The van der Waals surface area contributed by atoms with Crippen LogP contribution in [0.2, 0.25) is 0 Å². The minimum Gasteiger partial charge on any atom is -0.476 e. The maximum Gasteiger partial charge on any atom is 0.356 e. The summed E-state index contributed by atoms with van der Waals surface area (Å²) in [5.41, 5.74) is 3.79. The lowest BCUT2D eigenvalue weighted by molar-refractivity contribution is 0.0687. The molecule has 1 aliphatic rings. The van der Waals surface area contributed by atoms with Crippen molar-refractivity contribution in [3.05, 3.63) is 53.3 Å². The fourth-order valence-corrected chi connectivity index (χ4v) is 3.89. The summed E-state index contributed by atoms with van der Waals surface area (Å²) in [7, 11) is 2.03. The van der Waals surface area contributed by atoms with Crippen molar-refractivity contribution >= 4 is 5.97 Å². The number of carboxylic acids is 1. The van der Waals surface area contributed by atoms with Crippen LogP contribution in [-0.2, 0) is 25.9 Å². The number of fused-ring (bicyclic) bond motifs is 1. The largest absolute Gasteiger partial charge is 0.476 e. The van der Waals surface area contributed by atoms with Crippen molar-refractivity contribution in [2.45, 2.75) is 45.3 Å². The molecular weight excluding hydrogens is 358 g/mol. The van der Waals surface area contributed by atoms with E-state index in [-0.39, 0.29) is 11.7 Å². The van der Waals surface area contributed by atoms with E-state index in [1.807, 2.05) is 36.9 Å². The lowest BCUT2D eigenvalue weighted by atomic mass is 9.90. The van der Waals surface area contributed by atoms with Gasteiger partial charge in [0.15, 0.2) is 11.5 Å². The third-order valence-corrected chi connectivity index (χ3v) is 5.37. The minimum atomic E-state index is -0.955. The SMILES string of the molecule is CCn1nc(C(=O)O)c2c1CCC(N(C)Cc1cc(-c3cccnc3)no1)C2. The number of aryl methyl sites for hydroxylation is 1. The van der Waals surface area contributed by atoms with Gasteiger partial charge in [-0.1, -0.05) is 5.16 Å². The zero-order valence-corrected chi connectivity index (χ0v) is 16.0. The van der Waals surface area contributed by atoms with Crippen molar-refractivity contribution in [1.29, 1.82) is 0 Å². The quantitative estimate of drug-likeness (QED) is 0.701. The monoisotopic (exact) mass is 381 g/mol. The molecule has 1 atom stereocenters. The molecule has 8 heteroatoms. The molecule has 146 valence electrons. The topological polar surface area (TPSA) is 97.3 Å². The molecule has 0 spiro atoms. The Morgan fingerprint density at radius 3 is 3.04 bits per heavy atom. The standard InChI is InChI=1S/C20H23N5O3/c1-3-25-18-7-6-14(9-16(18)19(22-25)20(26)27)24(2)12-15-10-17(23-28-15)13-5-4-8-21-11-13/h4-5,8,10-11,14H,3,6-7,9,12H2,1-2H3,(H,26,27). The lowest BCUT2D eigenvalue weighted by Gasteiger charge is -2.30. The van der Waals surface area contributed by atoms with Crippen LogP contribution in [0.1, 0.15) is 40.9 Å². The Balaban J connectivity index is 1.48. The van der Waals surface area contributed by atoms with Gasteiger partial charge in [0.1, 0.15) is 5.69 Å². The highest BCUT2D eigenvalue weighted by Crippen LogP contribution is 2.28. The van der Waals surface area contributed by atoms with Crippen molar-refractivity contribution in [1.82, 2.24) is 24.8 Å². The number of hydrogen-bond acceptors (Lipinski definition) is 6. The van der Waals surface area contributed by atoms with Crippen molar-refractivity contribution < 1.29 is 14.4 Å². The zero-order valence-electron chi connectivity index (χ0n) is 16.0. The molecule has 0 aliphatic heterocycles. The molecule has 28 heavy (non-hydrogen) atoms. The first kappa shape index (κ1) is 18.4. The van der Waals surface area contributed by atoms with E-state index in [9.17, 15) is 9.90 Å². The van der Waals surface area contributed by atoms with Gasteiger partial charge in [0, 0.05) is 47.9 Å². The molecule has 3 heterocycles. The third-order valence-electron chi connectivity index (χ3n) is 5.37. The van der Waals surface area contributed by atoms with Crippen LogP contribution in [0.25, 0.3) is 11.3 Å². The Morgan fingerprint density at radius 1 is 1.46 bits per heavy atom. The van der Waals surface area contributed by atoms with Crippen LogP contribution in [0.5, 0.6) is 0 Å². The molecule has 1 aliphatic carbocycles. The van der Waals surface area contributed by atoms with E-state index in [4.69, 9.17) is 4.52 Å². The fourth-order valence-electron chi connectivity index (χ4n) is 3.89. The van der Waals surface area contributed by atoms with Gasteiger partial charge in [-0.05, 0) is 45.4 Å². The second kappa shape index (κ2) is 7.55.